The summed E-state index contributed by atoms with van der Waals surface area (Å²) < 4.78 is 26.1. The van der Waals surface area contributed by atoms with Gasteiger partial charge in [0.2, 0.25) is 21.8 Å². The summed E-state index contributed by atoms with van der Waals surface area (Å²) >= 11 is 5.94. The van der Waals surface area contributed by atoms with E-state index >= 15 is 0 Å². The quantitative estimate of drug-likeness (QED) is 0.451. The van der Waals surface area contributed by atoms with E-state index in [1.165, 1.54) is 10.7 Å². The van der Waals surface area contributed by atoms with Gasteiger partial charge < -0.3 is 10.2 Å². The van der Waals surface area contributed by atoms with Crippen LogP contribution in [0.15, 0.2) is 54.6 Å². The molecular weight excluding hydrogens is 498 g/mol. The van der Waals surface area contributed by atoms with Crippen molar-refractivity contribution in [3.05, 3.63) is 65.2 Å². The van der Waals surface area contributed by atoms with E-state index in [2.05, 4.69) is 5.32 Å². The Labute approximate surface area is 219 Å². The number of carbonyl (C=O) groups is 2. The third-order valence-corrected chi connectivity index (χ3v) is 8.03. The van der Waals surface area contributed by atoms with Gasteiger partial charge in [0.25, 0.3) is 0 Å². The Morgan fingerprint density at radius 1 is 1.03 bits per heavy atom. The molecule has 0 aromatic heterocycles. The van der Waals surface area contributed by atoms with Crippen LogP contribution in [0.4, 0.5) is 5.69 Å². The van der Waals surface area contributed by atoms with Gasteiger partial charge in [0, 0.05) is 30.6 Å². The summed E-state index contributed by atoms with van der Waals surface area (Å²) in [5.74, 6) is -0.334. The molecule has 0 aliphatic heterocycles. The Morgan fingerprint density at radius 3 is 2.28 bits per heavy atom. The van der Waals surface area contributed by atoms with E-state index in [9.17, 15) is 18.0 Å². The van der Waals surface area contributed by atoms with Crippen LogP contribution < -0.4 is 9.62 Å². The van der Waals surface area contributed by atoms with Crippen molar-refractivity contribution in [2.24, 2.45) is 0 Å². The van der Waals surface area contributed by atoms with E-state index in [-0.39, 0.29) is 30.8 Å². The lowest BCUT2D eigenvalue weighted by Gasteiger charge is -2.31. The van der Waals surface area contributed by atoms with Gasteiger partial charge in [-0.15, -0.1) is 0 Å². The number of hydrogen-bond acceptors (Lipinski definition) is 4. The normalized spacial score (nSPS) is 15.2. The predicted octanol–water partition coefficient (Wildman–Crippen LogP) is 4.75. The molecule has 2 amide bonds. The van der Waals surface area contributed by atoms with Crippen LogP contribution in [-0.2, 0) is 26.2 Å². The fourth-order valence-electron chi connectivity index (χ4n) is 4.54. The maximum absolute atomic E-state index is 13.4. The minimum absolute atomic E-state index is 0.119. The molecular formula is C27H36ClN3O4S. The molecule has 7 nitrogen and oxygen atoms in total. The number of nitrogens with one attached hydrogen (secondary N) is 1. The van der Waals surface area contributed by atoms with Crippen LogP contribution in [-0.4, -0.2) is 50.0 Å². The van der Waals surface area contributed by atoms with Crippen LogP contribution in [0.2, 0.25) is 5.02 Å². The number of benzene rings is 2. The summed E-state index contributed by atoms with van der Waals surface area (Å²) in [5.41, 5.74) is 1.43. The molecule has 36 heavy (non-hydrogen) atoms. The van der Waals surface area contributed by atoms with Crippen LogP contribution in [0, 0.1) is 0 Å². The molecule has 1 N–H and O–H groups in total. The first-order valence-electron chi connectivity index (χ1n) is 12.5. The molecule has 1 atom stereocenters. The van der Waals surface area contributed by atoms with Crippen LogP contribution in [0.3, 0.4) is 0 Å². The van der Waals surface area contributed by atoms with Gasteiger partial charge in [0.15, 0.2) is 0 Å². The van der Waals surface area contributed by atoms with Crippen LogP contribution >= 0.6 is 11.6 Å². The number of sulfonamides is 1. The van der Waals surface area contributed by atoms with Gasteiger partial charge in [-0.05, 0) is 56.0 Å². The van der Waals surface area contributed by atoms with Gasteiger partial charge in [0.1, 0.15) is 6.04 Å². The minimum atomic E-state index is -3.54. The third-order valence-electron chi connectivity index (χ3n) is 6.58. The zero-order chi connectivity index (χ0) is 26.1. The number of carbonyl (C=O) groups excluding carboxylic acids is 2. The summed E-state index contributed by atoms with van der Waals surface area (Å²) in [7, 11) is -3.54. The van der Waals surface area contributed by atoms with Crippen molar-refractivity contribution in [1.82, 2.24) is 10.2 Å². The van der Waals surface area contributed by atoms with Crippen molar-refractivity contribution in [3.63, 3.8) is 0 Å². The molecule has 1 fully saturated rings. The molecule has 1 aliphatic carbocycles. The van der Waals surface area contributed by atoms with Gasteiger partial charge in [-0.1, -0.05) is 61.2 Å². The van der Waals surface area contributed by atoms with E-state index < -0.39 is 16.1 Å². The zero-order valence-corrected chi connectivity index (χ0v) is 22.6. The minimum Gasteiger partial charge on any atom is -0.352 e. The lowest BCUT2D eigenvalue weighted by Crippen LogP contribution is -2.50. The van der Waals surface area contributed by atoms with Gasteiger partial charge in [0.05, 0.1) is 11.9 Å². The molecule has 3 rings (SSSR count). The van der Waals surface area contributed by atoms with Crippen LogP contribution in [0.1, 0.15) is 57.4 Å². The second-order valence-corrected chi connectivity index (χ2v) is 11.8. The molecule has 0 bridgehead atoms. The Hall–Kier alpha value is -2.58. The molecule has 9 heteroatoms. The number of halogens is 1. The van der Waals surface area contributed by atoms with E-state index in [0.717, 1.165) is 37.5 Å². The molecule has 0 radical (unpaired) electrons. The summed E-state index contributed by atoms with van der Waals surface area (Å²) in [4.78, 5) is 28.0. The van der Waals surface area contributed by atoms with E-state index in [4.69, 9.17) is 11.6 Å². The summed E-state index contributed by atoms with van der Waals surface area (Å²) in [6, 6.07) is 15.6. The zero-order valence-electron chi connectivity index (χ0n) is 21.0. The van der Waals surface area contributed by atoms with E-state index in [0.29, 0.717) is 23.7 Å². The monoisotopic (exact) mass is 533 g/mol. The largest absolute Gasteiger partial charge is 0.352 e. The highest BCUT2D eigenvalue weighted by atomic mass is 35.5. The van der Waals surface area contributed by atoms with Crippen molar-refractivity contribution in [2.45, 2.75) is 70.5 Å². The first-order chi connectivity index (χ1) is 17.1. The molecule has 0 heterocycles. The average Bonchev–Trinajstić information content (AvgIpc) is 2.86. The standard InChI is InChI=1S/C27H36ClN3O4S/c1-21(27(33)29-24-12-7-4-8-13-24)30(20-22-10-5-3-6-11-22)26(32)14-9-19-31(36(2,34)35)25-17-15-23(28)16-18-25/h3,5-6,10-11,15-18,21,24H,4,7-9,12-14,19-20H2,1-2H3,(H,29,33). The number of nitrogens with zero attached hydrogens (tertiary/aromatic N) is 2. The Bertz CT molecular complexity index is 1100. The van der Waals surface area contributed by atoms with Crippen LogP contribution in [0.25, 0.3) is 0 Å². The van der Waals surface area contributed by atoms with Crippen molar-refractivity contribution in [2.75, 3.05) is 17.1 Å². The van der Waals surface area contributed by atoms with Gasteiger partial charge >= 0.3 is 0 Å². The van der Waals surface area contributed by atoms with E-state index in [1.807, 2.05) is 30.3 Å². The van der Waals surface area contributed by atoms with Crippen molar-refractivity contribution in [1.29, 1.82) is 0 Å². The highest BCUT2D eigenvalue weighted by Crippen LogP contribution is 2.22. The third kappa shape index (κ3) is 8.23. The number of amides is 2. The number of rotatable bonds is 11. The first kappa shape index (κ1) is 28.0. The molecule has 1 unspecified atom stereocenters. The van der Waals surface area contributed by atoms with Gasteiger partial charge in [-0.25, -0.2) is 8.42 Å². The smallest absolute Gasteiger partial charge is 0.242 e. The molecule has 196 valence electrons. The Kier molecular flexibility index (Phi) is 10.2. The lowest BCUT2D eigenvalue weighted by atomic mass is 9.95. The topological polar surface area (TPSA) is 86.8 Å². The Morgan fingerprint density at radius 2 is 1.67 bits per heavy atom. The average molecular weight is 534 g/mol. The molecule has 2 aromatic rings. The van der Waals surface area contributed by atoms with Crippen LogP contribution in [0.5, 0.6) is 0 Å². The predicted molar refractivity (Wildman–Crippen MR) is 144 cm³/mol. The SMILES string of the molecule is CC(C(=O)NC1CCCCC1)N(Cc1ccccc1)C(=O)CCCN(c1ccc(Cl)cc1)S(C)(=O)=O. The van der Waals surface area contributed by atoms with E-state index in [1.54, 1.807) is 36.1 Å². The molecule has 0 saturated heterocycles. The molecule has 1 aliphatic rings. The fourth-order valence-corrected chi connectivity index (χ4v) is 5.63. The molecule has 0 spiro atoms. The highest BCUT2D eigenvalue weighted by Gasteiger charge is 2.28. The summed E-state index contributed by atoms with van der Waals surface area (Å²) in [5, 5.41) is 3.64. The van der Waals surface area contributed by atoms with Crippen molar-refractivity contribution >= 4 is 39.1 Å². The number of anilines is 1. The Balaban J connectivity index is 1.68. The second kappa shape index (κ2) is 13.1. The second-order valence-electron chi connectivity index (χ2n) is 9.44. The highest BCUT2D eigenvalue weighted by molar-refractivity contribution is 7.92. The maximum atomic E-state index is 13.4. The summed E-state index contributed by atoms with van der Waals surface area (Å²) in [6.45, 7) is 2.22. The van der Waals surface area contributed by atoms with Crippen molar-refractivity contribution < 1.29 is 18.0 Å². The van der Waals surface area contributed by atoms with Gasteiger partial charge in [-0.3, -0.25) is 13.9 Å². The first-order valence-corrected chi connectivity index (χ1v) is 14.7. The maximum Gasteiger partial charge on any atom is 0.242 e. The van der Waals surface area contributed by atoms with Crippen molar-refractivity contribution in [3.8, 4) is 0 Å². The molecule has 2 aromatic carbocycles. The molecule has 1 saturated carbocycles. The summed E-state index contributed by atoms with van der Waals surface area (Å²) in [6.07, 6.45) is 6.93. The fraction of sp³-hybridized carbons (Fsp3) is 0.481. The van der Waals surface area contributed by atoms with Gasteiger partial charge in [-0.2, -0.15) is 0 Å². The number of hydrogen-bond donors (Lipinski definition) is 1. The lowest BCUT2D eigenvalue weighted by molar-refractivity contribution is -0.141.